The van der Waals surface area contributed by atoms with Crippen LogP contribution in [0.5, 0.6) is 11.5 Å². The molecule has 0 radical (unpaired) electrons. The van der Waals surface area contributed by atoms with E-state index in [2.05, 4.69) is 0 Å². The van der Waals surface area contributed by atoms with Crippen LogP contribution < -0.4 is 14.4 Å². The Kier molecular flexibility index (Phi) is 5.49. The second kappa shape index (κ2) is 7.97. The SMILES string of the molecule is COc1cc(C(=O)N(Cc2ccco2)c2ccccc2)cc(Cl)c1OC. The molecule has 0 aliphatic carbocycles. The lowest BCUT2D eigenvalue weighted by Gasteiger charge is -2.22. The van der Waals surface area contributed by atoms with Crippen LogP contribution in [-0.2, 0) is 6.54 Å². The number of rotatable bonds is 6. The number of benzene rings is 2. The molecule has 26 heavy (non-hydrogen) atoms. The highest BCUT2D eigenvalue weighted by atomic mass is 35.5. The van der Waals surface area contributed by atoms with Crippen molar-refractivity contribution in [1.82, 2.24) is 0 Å². The van der Waals surface area contributed by atoms with Crippen molar-refractivity contribution in [2.75, 3.05) is 19.1 Å². The van der Waals surface area contributed by atoms with Gasteiger partial charge in [0.25, 0.3) is 5.91 Å². The molecular formula is C20H18ClNO4. The fourth-order valence-corrected chi connectivity index (χ4v) is 2.93. The van der Waals surface area contributed by atoms with Crippen LogP contribution in [-0.4, -0.2) is 20.1 Å². The number of ether oxygens (including phenoxy) is 2. The molecule has 5 nitrogen and oxygen atoms in total. The molecule has 1 amide bonds. The number of carbonyl (C=O) groups is 1. The van der Waals surface area contributed by atoms with Gasteiger partial charge >= 0.3 is 0 Å². The summed E-state index contributed by atoms with van der Waals surface area (Å²) in [4.78, 5) is 14.8. The highest BCUT2D eigenvalue weighted by molar-refractivity contribution is 6.32. The molecule has 3 aromatic rings. The third-order valence-electron chi connectivity index (χ3n) is 3.89. The molecule has 0 N–H and O–H groups in total. The number of carbonyl (C=O) groups excluding carboxylic acids is 1. The van der Waals surface area contributed by atoms with E-state index in [0.29, 0.717) is 34.4 Å². The lowest BCUT2D eigenvalue weighted by molar-refractivity contribution is 0.0983. The van der Waals surface area contributed by atoms with E-state index in [4.69, 9.17) is 25.5 Å². The number of hydrogen-bond donors (Lipinski definition) is 0. The van der Waals surface area contributed by atoms with Gasteiger partial charge in [0.2, 0.25) is 0 Å². The molecule has 0 aliphatic heterocycles. The van der Waals surface area contributed by atoms with Gasteiger partial charge in [0.05, 0.1) is 32.1 Å². The van der Waals surface area contributed by atoms with Crippen LogP contribution in [0, 0.1) is 0 Å². The minimum atomic E-state index is -0.226. The van der Waals surface area contributed by atoms with E-state index in [1.807, 2.05) is 36.4 Å². The first kappa shape index (κ1) is 17.9. The van der Waals surface area contributed by atoms with Crippen LogP contribution in [0.3, 0.4) is 0 Å². The molecule has 2 aromatic carbocycles. The molecule has 0 atom stereocenters. The summed E-state index contributed by atoms with van der Waals surface area (Å²) in [7, 11) is 3.00. The molecule has 3 rings (SSSR count). The van der Waals surface area contributed by atoms with E-state index in [1.54, 1.807) is 29.4 Å². The van der Waals surface area contributed by atoms with E-state index in [0.717, 1.165) is 5.69 Å². The third-order valence-corrected chi connectivity index (χ3v) is 4.17. The summed E-state index contributed by atoms with van der Waals surface area (Å²) in [6.07, 6.45) is 1.58. The first-order chi connectivity index (χ1) is 12.6. The van der Waals surface area contributed by atoms with Crippen LogP contribution in [0.1, 0.15) is 16.1 Å². The summed E-state index contributed by atoms with van der Waals surface area (Å²) < 4.78 is 15.9. The van der Waals surface area contributed by atoms with Crippen molar-refractivity contribution in [1.29, 1.82) is 0 Å². The van der Waals surface area contributed by atoms with E-state index >= 15 is 0 Å². The van der Waals surface area contributed by atoms with E-state index < -0.39 is 0 Å². The number of para-hydroxylation sites is 1. The van der Waals surface area contributed by atoms with Crippen LogP contribution in [0.4, 0.5) is 5.69 Å². The maximum absolute atomic E-state index is 13.2. The quantitative estimate of drug-likeness (QED) is 0.624. The number of halogens is 1. The van der Waals surface area contributed by atoms with Gasteiger partial charge in [-0.05, 0) is 36.4 Å². The summed E-state index contributed by atoms with van der Waals surface area (Å²) >= 11 is 6.26. The van der Waals surface area contributed by atoms with Gasteiger partial charge in [-0.2, -0.15) is 0 Å². The average molecular weight is 372 g/mol. The Bertz CT molecular complexity index is 878. The number of anilines is 1. The molecular weight excluding hydrogens is 354 g/mol. The fourth-order valence-electron chi connectivity index (χ4n) is 2.64. The molecule has 0 saturated carbocycles. The Morgan fingerprint density at radius 2 is 1.85 bits per heavy atom. The van der Waals surface area contributed by atoms with Gasteiger partial charge < -0.3 is 18.8 Å². The normalized spacial score (nSPS) is 10.4. The van der Waals surface area contributed by atoms with E-state index in [-0.39, 0.29) is 5.91 Å². The number of hydrogen-bond acceptors (Lipinski definition) is 4. The van der Waals surface area contributed by atoms with Gasteiger partial charge in [-0.15, -0.1) is 0 Å². The van der Waals surface area contributed by atoms with E-state index in [1.165, 1.54) is 14.2 Å². The summed E-state index contributed by atoms with van der Waals surface area (Å²) in [5, 5.41) is 0.307. The molecule has 6 heteroatoms. The van der Waals surface area contributed by atoms with Gasteiger partial charge in [-0.3, -0.25) is 4.79 Å². The monoisotopic (exact) mass is 371 g/mol. The highest BCUT2D eigenvalue weighted by Gasteiger charge is 2.22. The maximum atomic E-state index is 13.2. The predicted octanol–water partition coefficient (Wildman–Crippen LogP) is 4.80. The molecule has 1 heterocycles. The van der Waals surface area contributed by atoms with Crippen molar-refractivity contribution in [2.45, 2.75) is 6.54 Å². The molecule has 134 valence electrons. The molecule has 0 unspecified atom stereocenters. The predicted molar refractivity (Wildman–Crippen MR) is 100 cm³/mol. The van der Waals surface area contributed by atoms with Crippen LogP contribution >= 0.6 is 11.6 Å². The third kappa shape index (κ3) is 3.68. The molecule has 0 bridgehead atoms. The van der Waals surface area contributed by atoms with Crippen LogP contribution in [0.25, 0.3) is 0 Å². The molecule has 0 aliphatic rings. The molecule has 1 aromatic heterocycles. The van der Waals surface area contributed by atoms with Crippen LogP contribution in [0.2, 0.25) is 5.02 Å². The lowest BCUT2D eigenvalue weighted by Crippen LogP contribution is -2.30. The maximum Gasteiger partial charge on any atom is 0.258 e. The topological polar surface area (TPSA) is 51.9 Å². The molecule has 0 saturated heterocycles. The van der Waals surface area contributed by atoms with Gasteiger partial charge in [-0.25, -0.2) is 0 Å². The Balaban J connectivity index is 2.01. The van der Waals surface area contributed by atoms with Gasteiger partial charge in [0.1, 0.15) is 5.76 Å². The zero-order valence-corrected chi connectivity index (χ0v) is 15.2. The average Bonchev–Trinajstić information content (AvgIpc) is 3.18. The Morgan fingerprint density at radius 1 is 1.08 bits per heavy atom. The number of amides is 1. The zero-order valence-electron chi connectivity index (χ0n) is 14.4. The van der Waals surface area contributed by atoms with Crippen molar-refractivity contribution < 1.29 is 18.7 Å². The number of furan rings is 1. The van der Waals surface area contributed by atoms with Crippen molar-refractivity contribution in [3.05, 3.63) is 77.2 Å². The standard InChI is InChI=1S/C20H18ClNO4/c1-24-18-12-14(11-17(21)19(18)25-2)20(23)22(13-16-9-6-10-26-16)15-7-4-3-5-8-15/h3-12H,13H2,1-2H3. The Morgan fingerprint density at radius 3 is 2.46 bits per heavy atom. The van der Waals surface area contributed by atoms with Gasteiger partial charge in [0, 0.05) is 11.3 Å². The summed E-state index contributed by atoms with van der Waals surface area (Å²) in [6.45, 7) is 0.293. The summed E-state index contributed by atoms with van der Waals surface area (Å²) in [5.74, 6) is 1.24. The molecule has 0 spiro atoms. The minimum Gasteiger partial charge on any atom is -0.493 e. The first-order valence-electron chi connectivity index (χ1n) is 7.95. The minimum absolute atomic E-state index is 0.226. The number of nitrogens with zero attached hydrogens (tertiary/aromatic N) is 1. The second-order valence-electron chi connectivity index (χ2n) is 5.50. The number of methoxy groups -OCH3 is 2. The van der Waals surface area contributed by atoms with Gasteiger partial charge in [-0.1, -0.05) is 29.8 Å². The van der Waals surface area contributed by atoms with Crippen molar-refractivity contribution in [3.8, 4) is 11.5 Å². The highest BCUT2D eigenvalue weighted by Crippen LogP contribution is 2.36. The first-order valence-corrected chi connectivity index (χ1v) is 8.32. The van der Waals surface area contributed by atoms with Crippen molar-refractivity contribution in [2.24, 2.45) is 0 Å². The molecule has 0 fully saturated rings. The van der Waals surface area contributed by atoms with Crippen molar-refractivity contribution in [3.63, 3.8) is 0 Å². The Hall–Kier alpha value is -2.92. The van der Waals surface area contributed by atoms with Crippen molar-refractivity contribution >= 4 is 23.2 Å². The largest absolute Gasteiger partial charge is 0.493 e. The van der Waals surface area contributed by atoms with Gasteiger partial charge in [0.15, 0.2) is 11.5 Å². The zero-order chi connectivity index (χ0) is 18.5. The summed E-state index contributed by atoms with van der Waals surface area (Å²) in [5.41, 5.74) is 1.14. The summed E-state index contributed by atoms with van der Waals surface area (Å²) in [6, 6.07) is 16.2. The van der Waals surface area contributed by atoms with E-state index in [9.17, 15) is 4.79 Å². The lowest BCUT2D eigenvalue weighted by atomic mass is 10.1. The second-order valence-corrected chi connectivity index (χ2v) is 5.91. The van der Waals surface area contributed by atoms with Crippen LogP contribution in [0.15, 0.2) is 65.3 Å². The Labute approximate surface area is 156 Å². The fraction of sp³-hybridized carbons (Fsp3) is 0.150. The smallest absolute Gasteiger partial charge is 0.258 e.